The molecule has 4 rings (SSSR count). The van der Waals surface area contributed by atoms with Gasteiger partial charge in [-0.25, -0.2) is 14.2 Å². The maximum Gasteiger partial charge on any atom is 0.351 e. The number of piperazine rings is 1. The van der Waals surface area contributed by atoms with Crippen LogP contribution in [0, 0.1) is 11.7 Å². The van der Waals surface area contributed by atoms with Crippen molar-refractivity contribution >= 4 is 40.6 Å². The topological polar surface area (TPSA) is 83.7 Å². The molecule has 35 heavy (non-hydrogen) atoms. The zero-order chi connectivity index (χ0) is 25.6. The van der Waals surface area contributed by atoms with Crippen LogP contribution in [0.2, 0.25) is 5.15 Å². The molecule has 2 aromatic rings. The Labute approximate surface area is 208 Å². The van der Waals surface area contributed by atoms with Crippen LogP contribution in [0.3, 0.4) is 0 Å². The number of aromatic nitrogens is 3. The number of amides is 1. The van der Waals surface area contributed by atoms with Crippen molar-refractivity contribution in [1.29, 1.82) is 0 Å². The predicted molar refractivity (Wildman–Crippen MR) is 137 cm³/mol. The number of carbonyl (C=O) groups is 1. The first-order chi connectivity index (χ1) is 16.5. The number of hydrogen-bond acceptors (Lipinski definition) is 6. The number of allylic oxidation sites excluding steroid dienone is 1. The quantitative estimate of drug-likeness (QED) is 0.471. The van der Waals surface area contributed by atoms with E-state index in [1.165, 1.54) is 16.7 Å². The van der Waals surface area contributed by atoms with Crippen molar-refractivity contribution in [3.8, 4) is 0 Å². The van der Waals surface area contributed by atoms with Crippen LogP contribution >= 0.6 is 11.6 Å². The minimum atomic E-state index is -0.691. The molecular formula is C25H30ClFN6O2. The first-order valence-corrected chi connectivity index (χ1v) is 12.1. The van der Waals surface area contributed by atoms with E-state index < -0.39 is 17.5 Å². The summed E-state index contributed by atoms with van der Waals surface area (Å²) in [6.07, 6.45) is 4.91. The highest BCUT2D eigenvalue weighted by Gasteiger charge is 2.36. The number of carbonyl (C=O) groups excluding carboxylic acids is 1. The molecule has 0 spiro atoms. The third kappa shape index (κ3) is 4.37. The van der Waals surface area contributed by atoms with Crippen LogP contribution in [0.15, 0.2) is 40.2 Å². The molecule has 2 aromatic heterocycles. The van der Waals surface area contributed by atoms with Crippen LogP contribution in [0.4, 0.5) is 10.2 Å². The molecule has 8 nitrogen and oxygen atoms in total. The van der Waals surface area contributed by atoms with Gasteiger partial charge in [0.2, 0.25) is 5.91 Å². The van der Waals surface area contributed by atoms with E-state index in [2.05, 4.69) is 21.5 Å². The van der Waals surface area contributed by atoms with Gasteiger partial charge in [-0.2, -0.15) is 4.98 Å². The largest absolute Gasteiger partial charge is 0.352 e. The first-order valence-electron chi connectivity index (χ1n) is 11.7. The van der Waals surface area contributed by atoms with Gasteiger partial charge in [-0.15, -0.1) is 0 Å². The van der Waals surface area contributed by atoms with E-state index in [0.717, 1.165) is 5.57 Å². The van der Waals surface area contributed by atoms with E-state index in [9.17, 15) is 14.0 Å². The lowest BCUT2D eigenvalue weighted by Gasteiger charge is -2.44. The van der Waals surface area contributed by atoms with Crippen molar-refractivity contribution in [3.63, 3.8) is 0 Å². The fourth-order valence-corrected chi connectivity index (χ4v) is 5.37. The van der Waals surface area contributed by atoms with Crippen LogP contribution in [-0.2, 0) is 4.79 Å². The van der Waals surface area contributed by atoms with Crippen molar-refractivity contribution in [1.82, 2.24) is 19.4 Å². The minimum absolute atomic E-state index is 0.134. The summed E-state index contributed by atoms with van der Waals surface area (Å²) < 4.78 is 16.2. The molecule has 0 aromatic carbocycles. The van der Waals surface area contributed by atoms with E-state index in [4.69, 9.17) is 11.6 Å². The van der Waals surface area contributed by atoms with Crippen molar-refractivity contribution in [2.24, 2.45) is 10.9 Å². The Kier molecular flexibility index (Phi) is 6.81. The van der Waals surface area contributed by atoms with Gasteiger partial charge >= 0.3 is 5.69 Å². The zero-order valence-corrected chi connectivity index (χ0v) is 21.3. The summed E-state index contributed by atoms with van der Waals surface area (Å²) >= 11 is 6.11. The van der Waals surface area contributed by atoms with Crippen molar-refractivity contribution in [2.75, 3.05) is 18.0 Å². The summed E-state index contributed by atoms with van der Waals surface area (Å²) in [6.45, 7) is 14.3. The summed E-state index contributed by atoms with van der Waals surface area (Å²) in [5.74, 6) is -0.383. The predicted octanol–water partition coefficient (Wildman–Crippen LogP) is 3.79. The van der Waals surface area contributed by atoms with Gasteiger partial charge in [0.15, 0.2) is 11.0 Å². The number of halogens is 2. The molecule has 0 radical (unpaired) electrons. The second-order valence-corrected chi connectivity index (χ2v) is 10.0. The smallest absolute Gasteiger partial charge is 0.351 e. The standard InChI is InChI=1S/C25H30ClFN6O2/c1-7-19(34)32-15(5)11-31(12-16(32)6)23-17-10-18(27)22(26)29-24(17)33(25(35)30-23)21-14(4)8-9-28-20(21)13(2)3/h7-10,13,15-16,20-21H,1,11-12H2,2-6H3/t15-,16+,20-,21?/m0/s1. The van der Waals surface area contributed by atoms with Gasteiger partial charge in [0.05, 0.1) is 17.5 Å². The van der Waals surface area contributed by atoms with Crippen LogP contribution in [0.5, 0.6) is 0 Å². The van der Waals surface area contributed by atoms with Crippen LogP contribution in [0.1, 0.15) is 40.7 Å². The van der Waals surface area contributed by atoms with Gasteiger partial charge in [0.25, 0.3) is 0 Å². The van der Waals surface area contributed by atoms with Crippen LogP contribution in [-0.4, -0.2) is 62.8 Å². The third-order valence-corrected chi connectivity index (χ3v) is 7.05. The second-order valence-electron chi connectivity index (χ2n) is 9.66. The second kappa shape index (κ2) is 9.53. The molecule has 1 unspecified atom stereocenters. The van der Waals surface area contributed by atoms with Gasteiger partial charge in [0.1, 0.15) is 11.5 Å². The van der Waals surface area contributed by atoms with Gasteiger partial charge in [-0.3, -0.25) is 14.4 Å². The molecule has 4 atom stereocenters. The van der Waals surface area contributed by atoms with E-state index in [1.54, 1.807) is 11.1 Å². The highest BCUT2D eigenvalue weighted by atomic mass is 35.5. The Balaban J connectivity index is 1.90. The Hall–Kier alpha value is -3.07. The number of anilines is 1. The zero-order valence-electron chi connectivity index (χ0n) is 20.6. The molecular weight excluding hydrogens is 471 g/mol. The Morgan fingerprint density at radius 1 is 1.26 bits per heavy atom. The number of nitrogens with zero attached hydrogens (tertiary/aromatic N) is 6. The summed E-state index contributed by atoms with van der Waals surface area (Å²) in [5.41, 5.74) is 0.683. The molecule has 2 aliphatic heterocycles. The van der Waals surface area contributed by atoms with Gasteiger partial charge in [-0.05, 0) is 50.5 Å². The summed E-state index contributed by atoms with van der Waals surface area (Å²) in [6, 6.07) is 0.307. The molecule has 4 heterocycles. The van der Waals surface area contributed by atoms with E-state index in [0.29, 0.717) is 24.3 Å². The molecule has 1 fully saturated rings. The van der Waals surface area contributed by atoms with Gasteiger partial charge in [0, 0.05) is 31.4 Å². The maximum atomic E-state index is 14.7. The van der Waals surface area contributed by atoms with Gasteiger partial charge in [-0.1, -0.05) is 32.0 Å². The normalized spacial score (nSPS) is 24.7. The van der Waals surface area contributed by atoms with E-state index >= 15 is 0 Å². The summed E-state index contributed by atoms with van der Waals surface area (Å²) in [7, 11) is 0. The SMILES string of the molecule is C=CC(=O)N1[C@H](C)CN(c2nc(=O)n(C3C(C)=CC=N[C@H]3C(C)C)c3nc(Cl)c(F)cc23)C[C@@H]1C. The molecule has 0 aliphatic carbocycles. The maximum absolute atomic E-state index is 14.7. The lowest BCUT2D eigenvalue weighted by Crippen LogP contribution is -2.58. The number of hydrogen-bond donors (Lipinski definition) is 0. The Morgan fingerprint density at radius 3 is 2.51 bits per heavy atom. The minimum Gasteiger partial charge on any atom is -0.352 e. The van der Waals surface area contributed by atoms with E-state index in [1.807, 2.05) is 45.6 Å². The average Bonchev–Trinajstić information content (AvgIpc) is 2.79. The number of rotatable bonds is 4. The summed E-state index contributed by atoms with van der Waals surface area (Å²) in [5, 5.41) is 0.0761. The highest BCUT2D eigenvalue weighted by Crippen LogP contribution is 2.35. The first kappa shape index (κ1) is 25.0. The van der Waals surface area contributed by atoms with Crippen molar-refractivity contribution in [3.05, 3.63) is 51.8 Å². The van der Waals surface area contributed by atoms with Crippen molar-refractivity contribution in [2.45, 2.75) is 58.8 Å². The lowest BCUT2D eigenvalue weighted by molar-refractivity contribution is -0.130. The number of aliphatic imine (C=N–C) groups is 1. The number of dihydropyridines is 1. The monoisotopic (exact) mass is 500 g/mol. The molecule has 1 saturated heterocycles. The molecule has 186 valence electrons. The van der Waals surface area contributed by atoms with Crippen LogP contribution < -0.4 is 10.6 Å². The number of fused-ring (bicyclic) bond motifs is 1. The van der Waals surface area contributed by atoms with Crippen LogP contribution in [0.25, 0.3) is 11.0 Å². The molecule has 0 saturated carbocycles. The molecule has 0 N–H and O–H groups in total. The Morgan fingerprint density at radius 2 is 1.91 bits per heavy atom. The fraction of sp³-hybridized carbons (Fsp3) is 0.480. The fourth-order valence-electron chi connectivity index (χ4n) is 5.23. The van der Waals surface area contributed by atoms with E-state index in [-0.39, 0.29) is 40.8 Å². The molecule has 2 aliphatic rings. The highest BCUT2D eigenvalue weighted by molar-refractivity contribution is 6.30. The van der Waals surface area contributed by atoms with Gasteiger partial charge < -0.3 is 9.80 Å². The average molecular weight is 501 g/mol. The molecule has 10 heteroatoms. The Bertz CT molecular complexity index is 1290. The third-order valence-electron chi connectivity index (χ3n) is 6.78. The lowest BCUT2D eigenvalue weighted by atomic mass is 9.90. The van der Waals surface area contributed by atoms with Crippen molar-refractivity contribution < 1.29 is 9.18 Å². The molecule has 0 bridgehead atoms. The molecule has 1 amide bonds. The summed E-state index contributed by atoms with van der Waals surface area (Å²) in [4.78, 5) is 43.0. The number of pyridine rings is 1.